The van der Waals surface area contributed by atoms with Crippen LogP contribution in [0.2, 0.25) is 0 Å². The van der Waals surface area contributed by atoms with Crippen molar-refractivity contribution in [3.05, 3.63) is 40.2 Å². The Labute approximate surface area is 175 Å². The largest absolute Gasteiger partial charge is 0.484 e. The summed E-state index contributed by atoms with van der Waals surface area (Å²) in [6.07, 6.45) is -12.8. The number of rotatable bonds is 4. The van der Waals surface area contributed by atoms with E-state index in [9.17, 15) is 40.5 Å². The van der Waals surface area contributed by atoms with Crippen molar-refractivity contribution in [3.8, 4) is 5.75 Å². The van der Waals surface area contributed by atoms with Crippen molar-refractivity contribution in [1.82, 2.24) is 0 Å². The summed E-state index contributed by atoms with van der Waals surface area (Å²) < 4.78 is 16.1. The average molecular weight is 440 g/mol. The summed E-state index contributed by atoms with van der Waals surface area (Å²) in [6, 6.07) is 5.62. The molecule has 0 amide bonds. The number of fused-ring (bicyclic) bond motifs is 2. The van der Waals surface area contributed by atoms with E-state index in [2.05, 4.69) is 0 Å². The number of benzene rings is 1. The highest BCUT2D eigenvalue weighted by Gasteiger charge is 2.56. The Balaban J connectivity index is 1.63. The molecule has 0 unspecified atom stereocenters. The molecule has 11 nitrogen and oxygen atoms in total. The van der Waals surface area contributed by atoms with Gasteiger partial charge in [-0.15, -0.1) is 0 Å². The summed E-state index contributed by atoms with van der Waals surface area (Å²) in [6.45, 7) is 0.445. The van der Waals surface area contributed by atoms with Crippen molar-refractivity contribution in [2.24, 2.45) is 0 Å². The summed E-state index contributed by atoms with van der Waals surface area (Å²) in [5.41, 5.74) is -2.31. The van der Waals surface area contributed by atoms with E-state index in [0.29, 0.717) is 5.39 Å². The molecule has 0 radical (unpaired) electrons. The lowest BCUT2D eigenvalue weighted by Gasteiger charge is -2.46. The molecule has 1 fully saturated rings. The van der Waals surface area contributed by atoms with E-state index in [4.69, 9.17) is 13.9 Å². The Morgan fingerprint density at radius 1 is 1.10 bits per heavy atom. The molecule has 0 spiro atoms. The van der Waals surface area contributed by atoms with E-state index in [1.807, 2.05) is 0 Å². The van der Waals surface area contributed by atoms with Crippen molar-refractivity contribution in [2.45, 2.75) is 61.4 Å². The molecule has 11 heteroatoms. The molecule has 1 aromatic heterocycles. The van der Waals surface area contributed by atoms with Crippen molar-refractivity contribution >= 4 is 11.0 Å². The second kappa shape index (κ2) is 7.80. The van der Waals surface area contributed by atoms with Crippen LogP contribution >= 0.6 is 0 Å². The number of aliphatic hydroxyl groups excluding tert-OH is 6. The maximum atomic E-state index is 11.4. The first-order valence-corrected chi connectivity index (χ1v) is 9.69. The molecule has 2 aliphatic rings. The predicted octanol–water partition coefficient (Wildman–Crippen LogP) is -2.46. The quantitative estimate of drug-likeness (QED) is 0.250. The summed E-state index contributed by atoms with van der Waals surface area (Å²) >= 11 is 0. The maximum Gasteiger partial charge on any atom is 0.336 e. The van der Waals surface area contributed by atoms with Crippen molar-refractivity contribution in [1.29, 1.82) is 0 Å². The predicted molar refractivity (Wildman–Crippen MR) is 102 cm³/mol. The second-order valence-corrected chi connectivity index (χ2v) is 8.13. The first kappa shape index (κ1) is 22.1. The van der Waals surface area contributed by atoms with Gasteiger partial charge < -0.3 is 49.6 Å². The highest BCUT2D eigenvalue weighted by atomic mass is 16.6. The zero-order valence-corrected chi connectivity index (χ0v) is 16.4. The topological polar surface area (TPSA) is 190 Å². The Morgan fingerprint density at radius 2 is 1.81 bits per heavy atom. The third-order valence-corrected chi connectivity index (χ3v) is 6.03. The highest BCUT2D eigenvalue weighted by molar-refractivity contribution is 5.80. The van der Waals surface area contributed by atoms with Crippen molar-refractivity contribution < 1.29 is 49.6 Å². The fourth-order valence-corrected chi connectivity index (χ4v) is 4.14. The molecule has 0 aliphatic carbocycles. The summed E-state index contributed by atoms with van der Waals surface area (Å²) in [5, 5.41) is 72.7. The molecule has 1 aromatic carbocycles. The fraction of sp³-hybridized carbons (Fsp3) is 0.550. The first-order chi connectivity index (χ1) is 14.6. The van der Waals surface area contributed by atoms with Crippen LogP contribution in [0.1, 0.15) is 18.6 Å². The van der Waals surface area contributed by atoms with Gasteiger partial charge in [-0.2, -0.15) is 0 Å². The van der Waals surface area contributed by atoms with Gasteiger partial charge in [-0.1, -0.05) is 0 Å². The van der Waals surface area contributed by atoms with Gasteiger partial charge in [-0.25, -0.2) is 4.79 Å². The molecule has 2 aromatic rings. The van der Waals surface area contributed by atoms with Crippen LogP contribution in [0.15, 0.2) is 33.5 Å². The van der Waals surface area contributed by atoms with Gasteiger partial charge in [-0.3, -0.25) is 0 Å². The minimum Gasteiger partial charge on any atom is -0.484 e. The number of hydrogen-bond donors (Lipinski definition) is 7. The number of hydrogen-bond acceptors (Lipinski definition) is 11. The Morgan fingerprint density at radius 3 is 2.48 bits per heavy atom. The smallest absolute Gasteiger partial charge is 0.336 e. The van der Waals surface area contributed by atoms with Gasteiger partial charge in [0.25, 0.3) is 0 Å². The average Bonchev–Trinajstić information content (AvgIpc) is 3.06. The van der Waals surface area contributed by atoms with Crippen LogP contribution in [0.25, 0.3) is 11.0 Å². The van der Waals surface area contributed by atoms with Crippen LogP contribution in [0.4, 0.5) is 0 Å². The summed E-state index contributed by atoms with van der Waals surface area (Å²) in [7, 11) is 0. The normalized spacial score (nSPS) is 35.9. The standard InChI is InChI=1S/C20H24O11/c1-20(28,18(27)17-16(26)15(25)14(24)11(6-21)30-17)19-13(23)8-4-7-2-3-12(22)29-9(7)5-10(8)31-19/h2-5,11,13-19,21,23-28H,6H2,1H3/t11-,13-,14-,15+,16-,17+,18-,19-,20+/m1/s1. The van der Waals surface area contributed by atoms with Gasteiger partial charge in [0.15, 0.2) is 6.10 Å². The Bertz CT molecular complexity index is 1020. The molecule has 3 heterocycles. The van der Waals surface area contributed by atoms with Crippen LogP contribution in [-0.4, -0.2) is 90.7 Å². The molecular formula is C20H24O11. The van der Waals surface area contributed by atoms with Crippen LogP contribution in [0.3, 0.4) is 0 Å². The van der Waals surface area contributed by atoms with Gasteiger partial charge in [0.1, 0.15) is 59.7 Å². The van der Waals surface area contributed by atoms with Crippen molar-refractivity contribution in [2.75, 3.05) is 6.61 Å². The lowest BCUT2D eigenvalue weighted by Crippen LogP contribution is -2.67. The van der Waals surface area contributed by atoms with E-state index in [1.165, 1.54) is 24.3 Å². The molecule has 4 rings (SSSR count). The minimum absolute atomic E-state index is 0.126. The lowest BCUT2D eigenvalue weighted by molar-refractivity contribution is -0.275. The van der Waals surface area contributed by atoms with Gasteiger partial charge >= 0.3 is 5.63 Å². The van der Waals surface area contributed by atoms with E-state index < -0.39 is 66.7 Å². The third-order valence-electron chi connectivity index (χ3n) is 6.03. The summed E-state index contributed by atoms with van der Waals surface area (Å²) in [5.74, 6) is 0.126. The van der Waals surface area contributed by atoms with E-state index >= 15 is 0 Å². The molecular weight excluding hydrogens is 416 g/mol. The van der Waals surface area contributed by atoms with Crippen LogP contribution in [0.5, 0.6) is 5.75 Å². The van der Waals surface area contributed by atoms with Gasteiger partial charge in [0.2, 0.25) is 0 Å². The fourth-order valence-electron chi connectivity index (χ4n) is 4.14. The van der Waals surface area contributed by atoms with E-state index in [0.717, 1.165) is 6.92 Å². The molecule has 2 aliphatic heterocycles. The molecule has 7 N–H and O–H groups in total. The Kier molecular flexibility index (Phi) is 5.56. The second-order valence-electron chi connectivity index (χ2n) is 8.13. The maximum absolute atomic E-state index is 11.4. The van der Waals surface area contributed by atoms with Crippen molar-refractivity contribution in [3.63, 3.8) is 0 Å². The van der Waals surface area contributed by atoms with Gasteiger partial charge in [0, 0.05) is 23.1 Å². The van der Waals surface area contributed by atoms with Gasteiger partial charge in [-0.05, 0) is 19.1 Å². The molecule has 170 valence electrons. The third kappa shape index (κ3) is 3.52. The molecule has 9 atom stereocenters. The number of ether oxygens (including phenoxy) is 2. The summed E-state index contributed by atoms with van der Waals surface area (Å²) in [4.78, 5) is 11.4. The lowest BCUT2D eigenvalue weighted by atomic mass is 9.81. The zero-order valence-electron chi connectivity index (χ0n) is 16.4. The zero-order chi connectivity index (χ0) is 22.7. The Hall–Kier alpha value is -2.09. The van der Waals surface area contributed by atoms with Crippen LogP contribution < -0.4 is 10.4 Å². The molecule has 31 heavy (non-hydrogen) atoms. The van der Waals surface area contributed by atoms with E-state index in [1.54, 1.807) is 0 Å². The SMILES string of the molecule is C[C@](O)([C@H](O)[C@H]1O[C@H](CO)[C@@H](O)[C@H](O)[C@H]1O)[C@@H]1Oc2cc3oc(=O)ccc3cc2[C@H]1O. The molecule has 0 bridgehead atoms. The highest BCUT2D eigenvalue weighted by Crippen LogP contribution is 2.44. The first-order valence-electron chi connectivity index (χ1n) is 9.69. The van der Waals surface area contributed by atoms with Gasteiger partial charge in [0.05, 0.1) is 6.61 Å². The molecule has 1 saturated heterocycles. The van der Waals surface area contributed by atoms with Crippen LogP contribution in [-0.2, 0) is 4.74 Å². The minimum atomic E-state index is -2.22. The van der Waals surface area contributed by atoms with E-state index in [-0.39, 0.29) is 16.9 Å². The monoisotopic (exact) mass is 440 g/mol. The molecule has 0 saturated carbocycles. The number of aliphatic hydroxyl groups is 7. The van der Waals surface area contributed by atoms with Crippen LogP contribution in [0, 0.1) is 0 Å².